The van der Waals surface area contributed by atoms with Crippen molar-refractivity contribution in [3.8, 4) is 0 Å². The van der Waals surface area contributed by atoms with Crippen LogP contribution in [0.5, 0.6) is 0 Å². The maximum Gasteiger partial charge on any atom is 0.227 e. The van der Waals surface area contributed by atoms with Crippen molar-refractivity contribution in [3.63, 3.8) is 0 Å². The van der Waals surface area contributed by atoms with Gasteiger partial charge in [0.15, 0.2) is 0 Å². The summed E-state index contributed by atoms with van der Waals surface area (Å²) in [4.78, 5) is 12.2. The molecule has 1 saturated heterocycles. The zero-order valence-electron chi connectivity index (χ0n) is 11.4. The number of morpholine rings is 1. The van der Waals surface area contributed by atoms with Gasteiger partial charge in [-0.05, 0) is 12.0 Å². The smallest absolute Gasteiger partial charge is 0.227 e. The second-order valence-corrected chi connectivity index (χ2v) is 4.81. The Morgan fingerprint density at radius 2 is 2.26 bits per heavy atom. The van der Waals surface area contributed by atoms with E-state index in [2.05, 4.69) is 10.6 Å². The number of carbonyl (C=O) groups is 1. The fourth-order valence-corrected chi connectivity index (χ4v) is 2.35. The van der Waals surface area contributed by atoms with Crippen molar-refractivity contribution in [1.82, 2.24) is 10.6 Å². The van der Waals surface area contributed by atoms with Crippen molar-refractivity contribution >= 4 is 5.91 Å². The Bertz CT molecular complexity index is 388. The fourth-order valence-electron chi connectivity index (χ4n) is 2.35. The minimum Gasteiger partial charge on any atom is -0.374 e. The summed E-state index contributed by atoms with van der Waals surface area (Å²) in [5, 5.41) is 6.26. The molecule has 19 heavy (non-hydrogen) atoms. The second kappa shape index (κ2) is 7.26. The molecule has 104 valence electrons. The molecule has 0 saturated carbocycles. The number of hydrogen-bond acceptors (Lipinski definition) is 3. The van der Waals surface area contributed by atoms with E-state index in [-0.39, 0.29) is 17.9 Å². The van der Waals surface area contributed by atoms with Crippen molar-refractivity contribution < 1.29 is 9.53 Å². The molecule has 2 unspecified atom stereocenters. The summed E-state index contributed by atoms with van der Waals surface area (Å²) in [6.07, 6.45) is 0.894. The molecule has 2 rings (SSSR count). The summed E-state index contributed by atoms with van der Waals surface area (Å²) in [7, 11) is 0. The van der Waals surface area contributed by atoms with E-state index in [0.717, 1.165) is 31.7 Å². The number of carbonyl (C=O) groups excluding carboxylic acids is 1. The van der Waals surface area contributed by atoms with Crippen molar-refractivity contribution in [2.45, 2.75) is 25.4 Å². The van der Waals surface area contributed by atoms with Gasteiger partial charge in [0.2, 0.25) is 5.91 Å². The number of nitrogens with one attached hydrogen (secondary N) is 2. The highest BCUT2D eigenvalue weighted by atomic mass is 16.5. The van der Waals surface area contributed by atoms with E-state index in [0.29, 0.717) is 6.54 Å². The Balaban J connectivity index is 1.86. The van der Waals surface area contributed by atoms with E-state index < -0.39 is 0 Å². The highest BCUT2D eigenvalue weighted by Gasteiger charge is 2.20. The summed E-state index contributed by atoms with van der Waals surface area (Å²) in [6, 6.07) is 9.92. The molecule has 1 aliphatic heterocycles. The van der Waals surface area contributed by atoms with E-state index in [4.69, 9.17) is 4.74 Å². The molecular formula is C15H22N2O2. The van der Waals surface area contributed by atoms with Gasteiger partial charge in [0, 0.05) is 19.6 Å². The molecule has 1 aromatic rings. The largest absolute Gasteiger partial charge is 0.374 e. The molecule has 1 heterocycles. The third-order valence-electron chi connectivity index (χ3n) is 3.44. The van der Waals surface area contributed by atoms with Gasteiger partial charge in [-0.25, -0.2) is 0 Å². The molecule has 2 N–H and O–H groups in total. The molecule has 4 nitrogen and oxygen atoms in total. The predicted octanol–water partition coefficient (Wildman–Crippen LogP) is 1.28. The number of ether oxygens (including phenoxy) is 1. The summed E-state index contributed by atoms with van der Waals surface area (Å²) in [5.41, 5.74) is 1.07. The summed E-state index contributed by atoms with van der Waals surface area (Å²) in [5.74, 6) is 0.0145. The van der Waals surface area contributed by atoms with Crippen molar-refractivity contribution in [2.75, 3.05) is 26.2 Å². The average molecular weight is 262 g/mol. The Morgan fingerprint density at radius 1 is 1.47 bits per heavy atom. The topological polar surface area (TPSA) is 50.4 Å². The quantitative estimate of drug-likeness (QED) is 0.840. The van der Waals surface area contributed by atoms with Crippen LogP contribution in [0.2, 0.25) is 0 Å². The van der Waals surface area contributed by atoms with Crippen LogP contribution >= 0.6 is 0 Å². The Morgan fingerprint density at radius 3 is 2.89 bits per heavy atom. The molecule has 0 aliphatic carbocycles. The molecule has 2 atom stereocenters. The van der Waals surface area contributed by atoms with Crippen molar-refractivity contribution in [3.05, 3.63) is 35.9 Å². The van der Waals surface area contributed by atoms with E-state index in [1.54, 1.807) is 0 Å². The van der Waals surface area contributed by atoms with Gasteiger partial charge < -0.3 is 15.4 Å². The van der Waals surface area contributed by atoms with Gasteiger partial charge in [-0.1, -0.05) is 37.3 Å². The molecule has 0 spiro atoms. The molecule has 1 amide bonds. The van der Waals surface area contributed by atoms with Crippen LogP contribution in [0.15, 0.2) is 30.3 Å². The van der Waals surface area contributed by atoms with Crippen LogP contribution in [0.4, 0.5) is 0 Å². The summed E-state index contributed by atoms with van der Waals surface area (Å²) in [6.45, 7) is 5.04. The average Bonchev–Trinajstić information content (AvgIpc) is 2.48. The minimum absolute atomic E-state index is 0.0715. The first-order chi connectivity index (χ1) is 9.31. The first-order valence-electron chi connectivity index (χ1n) is 6.96. The van der Waals surface area contributed by atoms with Crippen LogP contribution < -0.4 is 10.6 Å². The van der Waals surface area contributed by atoms with Gasteiger partial charge in [-0.2, -0.15) is 0 Å². The highest BCUT2D eigenvalue weighted by Crippen LogP contribution is 2.19. The van der Waals surface area contributed by atoms with Gasteiger partial charge in [0.25, 0.3) is 0 Å². The molecule has 0 bridgehead atoms. The van der Waals surface area contributed by atoms with Crippen LogP contribution in [0, 0.1) is 0 Å². The predicted molar refractivity (Wildman–Crippen MR) is 75.1 cm³/mol. The van der Waals surface area contributed by atoms with Gasteiger partial charge >= 0.3 is 0 Å². The summed E-state index contributed by atoms with van der Waals surface area (Å²) >= 11 is 0. The lowest BCUT2D eigenvalue weighted by atomic mass is 9.95. The Labute approximate surface area is 114 Å². The first kappa shape index (κ1) is 14.0. The van der Waals surface area contributed by atoms with Crippen LogP contribution in [-0.2, 0) is 9.53 Å². The Kier molecular flexibility index (Phi) is 5.36. The van der Waals surface area contributed by atoms with E-state index >= 15 is 0 Å². The second-order valence-electron chi connectivity index (χ2n) is 4.81. The van der Waals surface area contributed by atoms with Crippen molar-refractivity contribution in [1.29, 1.82) is 0 Å². The number of rotatable bonds is 5. The lowest BCUT2D eigenvalue weighted by molar-refractivity contribution is -0.123. The van der Waals surface area contributed by atoms with E-state index in [1.807, 2.05) is 37.3 Å². The van der Waals surface area contributed by atoms with Gasteiger partial charge in [0.05, 0.1) is 18.6 Å². The maximum atomic E-state index is 12.2. The monoisotopic (exact) mass is 262 g/mol. The number of amides is 1. The normalized spacial score (nSPS) is 20.8. The zero-order valence-corrected chi connectivity index (χ0v) is 11.4. The zero-order chi connectivity index (χ0) is 13.5. The lowest BCUT2D eigenvalue weighted by Crippen LogP contribution is -2.45. The molecule has 0 aromatic heterocycles. The Hall–Kier alpha value is -1.39. The van der Waals surface area contributed by atoms with Gasteiger partial charge in [-0.3, -0.25) is 4.79 Å². The van der Waals surface area contributed by atoms with Gasteiger partial charge in [-0.15, -0.1) is 0 Å². The van der Waals surface area contributed by atoms with E-state index in [1.165, 1.54) is 0 Å². The standard InChI is InChI=1S/C15H22N2O2/c1-2-14(12-6-4-3-5-7-12)15(18)17-11-13-10-16-8-9-19-13/h3-7,13-14,16H,2,8-11H2,1H3,(H,17,18). The van der Waals surface area contributed by atoms with E-state index in [9.17, 15) is 4.79 Å². The molecule has 1 fully saturated rings. The first-order valence-corrected chi connectivity index (χ1v) is 6.96. The molecule has 1 aliphatic rings. The summed E-state index contributed by atoms with van der Waals surface area (Å²) < 4.78 is 5.57. The van der Waals surface area contributed by atoms with Crippen LogP contribution in [0.3, 0.4) is 0 Å². The van der Waals surface area contributed by atoms with Gasteiger partial charge in [0.1, 0.15) is 0 Å². The third kappa shape index (κ3) is 4.04. The lowest BCUT2D eigenvalue weighted by Gasteiger charge is -2.24. The van der Waals surface area contributed by atoms with Crippen LogP contribution in [0.25, 0.3) is 0 Å². The number of hydrogen-bond donors (Lipinski definition) is 2. The number of benzene rings is 1. The fraction of sp³-hybridized carbons (Fsp3) is 0.533. The van der Waals surface area contributed by atoms with Crippen LogP contribution in [0.1, 0.15) is 24.8 Å². The van der Waals surface area contributed by atoms with Crippen LogP contribution in [-0.4, -0.2) is 38.3 Å². The molecular weight excluding hydrogens is 240 g/mol. The third-order valence-corrected chi connectivity index (χ3v) is 3.44. The SMILES string of the molecule is CCC(C(=O)NCC1CNCCO1)c1ccccc1. The van der Waals surface area contributed by atoms with Crippen molar-refractivity contribution in [2.24, 2.45) is 0 Å². The minimum atomic E-state index is -0.0715. The molecule has 1 aromatic carbocycles. The highest BCUT2D eigenvalue weighted by molar-refractivity contribution is 5.83. The molecule has 4 heteroatoms. The maximum absolute atomic E-state index is 12.2. The molecule has 0 radical (unpaired) electrons.